The minimum atomic E-state index is -0.546. The van der Waals surface area contributed by atoms with E-state index >= 15 is 0 Å². The van der Waals surface area contributed by atoms with Crippen LogP contribution in [0.25, 0.3) is 0 Å². The van der Waals surface area contributed by atoms with Crippen molar-refractivity contribution in [3.63, 3.8) is 0 Å². The molecule has 1 aliphatic rings. The van der Waals surface area contributed by atoms with Crippen molar-refractivity contribution in [2.24, 2.45) is 11.3 Å². The highest BCUT2D eigenvalue weighted by molar-refractivity contribution is 5.86. The molecule has 2 atom stereocenters. The van der Waals surface area contributed by atoms with Crippen LogP contribution in [-0.2, 0) is 25.7 Å². The summed E-state index contributed by atoms with van der Waals surface area (Å²) < 4.78 is 5.36. The first-order chi connectivity index (χ1) is 15.2. The molecule has 7 heteroatoms. The van der Waals surface area contributed by atoms with Gasteiger partial charge in [-0.3, -0.25) is 14.4 Å². The molecule has 1 aromatic carbocycles. The van der Waals surface area contributed by atoms with Crippen molar-refractivity contribution in [2.45, 2.75) is 59.0 Å². The number of amides is 2. The monoisotopic (exact) mass is 444 g/mol. The number of carbonyl (C=O) groups is 3. The van der Waals surface area contributed by atoms with Gasteiger partial charge in [0, 0.05) is 25.9 Å². The number of ether oxygens (including phenoxy) is 1. The third-order valence-corrected chi connectivity index (χ3v) is 5.61. The van der Waals surface area contributed by atoms with Crippen LogP contribution < -0.4 is 5.32 Å². The molecule has 1 aliphatic heterocycles. The van der Waals surface area contributed by atoms with Crippen LogP contribution in [0.15, 0.2) is 42.5 Å². The second-order valence-corrected chi connectivity index (χ2v) is 9.28. The van der Waals surface area contributed by atoms with Gasteiger partial charge in [-0.15, -0.1) is 0 Å². The molecule has 0 radical (unpaired) electrons. The summed E-state index contributed by atoms with van der Waals surface area (Å²) in [5.41, 5.74) is 0.646. The van der Waals surface area contributed by atoms with Gasteiger partial charge in [0.15, 0.2) is 0 Å². The minimum Gasteiger partial charge on any atom is -0.463 e. The van der Waals surface area contributed by atoms with Crippen molar-refractivity contribution >= 4 is 17.8 Å². The van der Waals surface area contributed by atoms with Crippen molar-refractivity contribution < 1.29 is 24.2 Å². The topological polar surface area (TPSA) is 95.9 Å². The highest BCUT2D eigenvalue weighted by Crippen LogP contribution is 2.22. The van der Waals surface area contributed by atoms with Crippen LogP contribution in [-0.4, -0.2) is 53.6 Å². The average molecular weight is 445 g/mol. The predicted molar refractivity (Wildman–Crippen MR) is 122 cm³/mol. The van der Waals surface area contributed by atoms with E-state index in [1.54, 1.807) is 4.90 Å². The van der Waals surface area contributed by atoms with Gasteiger partial charge in [-0.05, 0) is 23.8 Å². The van der Waals surface area contributed by atoms with E-state index in [2.05, 4.69) is 5.32 Å². The van der Waals surface area contributed by atoms with E-state index in [-0.39, 0.29) is 61.8 Å². The lowest BCUT2D eigenvalue weighted by Gasteiger charge is -2.32. The SMILES string of the molecule is CC(C)(C)[C@H]1COC(=O)CC/C=C\C[C@H](CC(=O)N(CCO)Cc2ccccc2)C(=O)N1. The number of rotatable bonds is 6. The summed E-state index contributed by atoms with van der Waals surface area (Å²) in [5.74, 6) is -1.24. The predicted octanol–water partition coefficient (Wildman–Crippen LogP) is 2.83. The third-order valence-electron chi connectivity index (χ3n) is 5.61. The van der Waals surface area contributed by atoms with Crippen LogP contribution in [0.3, 0.4) is 0 Å². The lowest BCUT2D eigenvalue weighted by atomic mass is 9.86. The molecule has 0 aliphatic carbocycles. The highest BCUT2D eigenvalue weighted by atomic mass is 16.5. The Morgan fingerprint density at radius 3 is 2.56 bits per heavy atom. The van der Waals surface area contributed by atoms with Gasteiger partial charge >= 0.3 is 5.97 Å². The molecule has 0 aromatic heterocycles. The van der Waals surface area contributed by atoms with Crippen LogP contribution in [0.2, 0.25) is 0 Å². The first kappa shape index (κ1) is 25.6. The summed E-state index contributed by atoms with van der Waals surface area (Å²) >= 11 is 0. The van der Waals surface area contributed by atoms with Crippen LogP contribution >= 0.6 is 0 Å². The molecule has 0 spiro atoms. The summed E-state index contributed by atoms with van der Waals surface area (Å²) in [4.78, 5) is 39.7. The summed E-state index contributed by atoms with van der Waals surface area (Å²) in [6.07, 6.45) is 4.97. The lowest BCUT2D eigenvalue weighted by Crippen LogP contribution is -2.49. The van der Waals surface area contributed by atoms with E-state index < -0.39 is 5.92 Å². The fraction of sp³-hybridized carbons (Fsp3) is 0.560. The third kappa shape index (κ3) is 8.46. The Morgan fingerprint density at radius 1 is 1.19 bits per heavy atom. The molecule has 0 unspecified atom stereocenters. The molecular formula is C25H36N2O5. The Balaban J connectivity index is 2.16. The Labute approximate surface area is 190 Å². The average Bonchev–Trinajstić information content (AvgIpc) is 2.74. The molecule has 0 bridgehead atoms. The molecule has 1 aromatic rings. The maximum atomic E-state index is 13.1. The molecule has 176 valence electrons. The highest BCUT2D eigenvalue weighted by Gasteiger charge is 2.31. The molecule has 0 fully saturated rings. The zero-order valence-electron chi connectivity index (χ0n) is 19.4. The molecule has 1 heterocycles. The Kier molecular flexibility index (Phi) is 9.91. The van der Waals surface area contributed by atoms with E-state index in [0.717, 1.165) is 5.56 Å². The van der Waals surface area contributed by atoms with Gasteiger partial charge in [0.2, 0.25) is 11.8 Å². The smallest absolute Gasteiger partial charge is 0.306 e. The summed E-state index contributed by atoms with van der Waals surface area (Å²) in [6.45, 7) is 6.46. The van der Waals surface area contributed by atoms with E-state index in [1.165, 1.54) is 0 Å². The number of nitrogens with one attached hydrogen (secondary N) is 1. The van der Waals surface area contributed by atoms with Crippen LogP contribution in [0, 0.1) is 11.3 Å². The maximum absolute atomic E-state index is 13.1. The van der Waals surface area contributed by atoms with Crippen molar-refractivity contribution in [3.05, 3.63) is 48.0 Å². The van der Waals surface area contributed by atoms with Gasteiger partial charge in [0.1, 0.15) is 6.61 Å². The Morgan fingerprint density at radius 2 is 1.91 bits per heavy atom. The number of aliphatic hydroxyl groups excluding tert-OH is 1. The van der Waals surface area contributed by atoms with Crippen LogP contribution in [0.5, 0.6) is 0 Å². The maximum Gasteiger partial charge on any atom is 0.306 e. The van der Waals surface area contributed by atoms with Crippen LogP contribution in [0.1, 0.15) is 52.0 Å². The molecular weight excluding hydrogens is 408 g/mol. The van der Waals surface area contributed by atoms with Gasteiger partial charge in [-0.25, -0.2) is 0 Å². The van der Waals surface area contributed by atoms with E-state index in [9.17, 15) is 19.5 Å². The van der Waals surface area contributed by atoms with E-state index in [0.29, 0.717) is 19.4 Å². The van der Waals surface area contributed by atoms with Crippen molar-refractivity contribution in [1.29, 1.82) is 0 Å². The Hall–Kier alpha value is -2.67. The van der Waals surface area contributed by atoms with Crippen molar-refractivity contribution in [1.82, 2.24) is 10.2 Å². The number of hydrogen-bond donors (Lipinski definition) is 2. The van der Waals surface area contributed by atoms with Crippen LogP contribution in [0.4, 0.5) is 0 Å². The standard InChI is InChI=1S/C25H36N2O5/c1-25(2,3)21-18-32-23(30)13-9-5-8-12-20(24(31)26-21)16-22(29)27(14-15-28)17-19-10-6-4-7-11-19/h4-8,10-11,20-21,28H,9,12-18H2,1-3H3,(H,26,31)/b8-5-/t20-,21-/m1/s1. The van der Waals surface area contributed by atoms with E-state index in [1.807, 2.05) is 63.3 Å². The normalized spacial score (nSPS) is 21.5. The number of benzene rings is 1. The number of carbonyl (C=O) groups excluding carboxylic acids is 3. The van der Waals surface area contributed by atoms with Gasteiger partial charge in [-0.2, -0.15) is 0 Å². The first-order valence-corrected chi connectivity index (χ1v) is 11.2. The first-order valence-electron chi connectivity index (χ1n) is 11.2. The number of allylic oxidation sites excluding steroid dienone is 2. The molecule has 7 nitrogen and oxygen atoms in total. The zero-order valence-corrected chi connectivity index (χ0v) is 19.4. The molecule has 0 saturated heterocycles. The second-order valence-electron chi connectivity index (χ2n) is 9.28. The van der Waals surface area contributed by atoms with Crippen molar-refractivity contribution in [2.75, 3.05) is 19.8 Å². The second kappa shape index (κ2) is 12.4. The number of cyclic esters (lactones) is 1. The number of esters is 1. The van der Waals surface area contributed by atoms with E-state index in [4.69, 9.17) is 4.74 Å². The number of aliphatic hydroxyl groups is 1. The molecule has 32 heavy (non-hydrogen) atoms. The quantitative estimate of drug-likeness (QED) is 0.520. The summed E-state index contributed by atoms with van der Waals surface area (Å²) in [5, 5.41) is 12.5. The molecule has 2 rings (SSSR count). The molecule has 0 saturated carbocycles. The zero-order chi connectivity index (χ0) is 23.6. The fourth-order valence-electron chi connectivity index (χ4n) is 3.47. The minimum absolute atomic E-state index is 0.0413. The van der Waals surface area contributed by atoms with Crippen molar-refractivity contribution in [3.8, 4) is 0 Å². The number of nitrogens with zero attached hydrogens (tertiary/aromatic N) is 1. The largest absolute Gasteiger partial charge is 0.463 e. The molecule has 2 amide bonds. The number of hydrogen-bond acceptors (Lipinski definition) is 5. The van der Waals surface area contributed by atoms with Gasteiger partial charge < -0.3 is 20.1 Å². The summed E-state index contributed by atoms with van der Waals surface area (Å²) in [6, 6.07) is 9.21. The Bertz CT molecular complexity index is 785. The van der Waals surface area contributed by atoms with Gasteiger partial charge in [0.05, 0.1) is 18.6 Å². The summed E-state index contributed by atoms with van der Waals surface area (Å²) in [7, 11) is 0. The molecule has 2 N–H and O–H groups in total. The van der Waals surface area contributed by atoms with Gasteiger partial charge in [0.25, 0.3) is 0 Å². The fourth-order valence-corrected chi connectivity index (χ4v) is 3.47. The van der Waals surface area contributed by atoms with Gasteiger partial charge in [-0.1, -0.05) is 63.3 Å². The lowest BCUT2D eigenvalue weighted by molar-refractivity contribution is -0.146.